The second-order valence-electron chi connectivity index (χ2n) is 12.9. The summed E-state index contributed by atoms with van der Waals surface area (Å²) in [6, 6.07) is 67.4. The minimum absolute atomic E-state index is 0.902. The van der Waals surface area contributed by atoms with E-state index in [4.69, 9.17) is 4.42 Å². The fourth-order valence-electron chi connectivity index (χ4n) is 7.46. The van der Waals surface area contributed by atoms with Crippen LogP contribution in [0.4, 0.5) is 17.1 Å². The molecular weight excluding hydrogens is 639 g/mol. The molecule has 0 fully saturated rings. The van der Waals surface area contributed by atoms with Crippen molar-refractivity contribution < 1.29 is 4.42 Å². The molecule has 0 saturated carbocycles. The summed E-state index contributed by atoms with van der Waals surface area (Å²) in [5.41, 5.74) is 12.0. The van der Waals surface area contributed by atoms with Crippen LogP contribution in [-0.4, -0.2) is 0 Å². The Morgan fingerprint density at radius 1 is 0.353 bits per heavy atom. The number of fused-ring (bicyclic) bond motifs is 6. The maximum Gasteiger partial charge on any atom is 0.143 e. The summed E-state index contributed by atoms with van der Waals surface area (Å²) < 4.78 is 9.13. The number of furan rings is 1. The van der Waals surface area contributed by atoms with Gasteiger partial charge in [0.1, 0.15) is 11.2 Å². The molecule has 0 bridgehead atoms. The SMILES string of the molecule is c1ccc(-c2ccc(N(c3ccc(-c4cccc5c4oc4ccccc45)c(-c4ccccc4)c3)c3ccc4c(c3)sc3ccccc34)cc2)cc1. The molecule has 2 heterocycles. The van der Waals surface area contributed by atoms with Crippen molar-refractivity contribution in [2.75, 3.05) is 4.90 Å². The molecule has 10 aromatic rings. The summed E-state index contributed by atoms with van der Waals surface area (Å²) in [6.45, 7) is 0. The van der Waals surface area contributed by atoms with E-state index in [9.17, 15) is 0 Å². The van der Waals surface area contributed by atoms with Gasteiger partial charge in [0, 0.05) is 53.6 Å². The first kappa shape index (κ1) is 29.5. The second-order valence-corrected chi connectivity index (χ2v) is 14.0. The van der Waals surface area contributed by atoms with E-state index in [-0.39, 0.29) is 0 Å². The average Bonchev–Trinajstić information content (AvgIpc) is 3.77. The highest BCUT2D eigenvalue weighted by Crippen LogP contribution is 2.45. The smallest absolute Gasteiger partial charge is 0.143 e. The lowest BCUT2D eigenvalue weighted by atomic mass is 9.92. The first-order valence-corrected chi connectivity index (χ1v) is 18.1. The van der Waals surface area contributed by atoms with Crippen LogP contribution in [0.15, 0.2) is 192 Å². The summed E-state index contributed by atoms with van der Waals surface area (Å²) in [7, 11) is 0. The zero-order valence-electron chi connectivity index (χ0n) is 27.7. The molecule has 2 nitrogen and oxygen atoms in total. The van der Waals surface area contributed by atoms with Crippen LogP contribution >= 0.6 is 11.3 Å². The molecule has 0 amide bonds. The van der Waals surface area contributed by atoms with Crippen molar-refractivity contribution in [3.05, 3.63) is 188 Å². The number of para-hydroxylation sites is 2. The van der Waals surface area contributed by atoms with E-state index in [0.29, 0.717) is 0 Å². The zero-order chi connectivity index (χ0) is 33.7. The number of rotatable bonds is 6. The molecule has 10 rings (SSSR count). The van der Waals surface area contributed by atoms with Crippen LogP contribution in [0.1, 0.15) is 0 Å². The van der Waals surface area contributed by atoms with Gasteiger partial charge in [-0.25, -0.2) is 0 Å². The monoisotopic (exact) mass is 669 g/mol. The van der Waals surface area contributed by atoms with Gasteiger partial charge in [-0.2, -0.15) is 0 Å². The summed E-state index contributed by atoms with van der Waals surface area (Å²) in [5.74, 6) is 0. The van der Waals surface area contributed by atoms with E-state index in [0.717, 1.165) is 61.3 Å². The summed E-state index contributed by atoms with van der Waals surface area (Å²) >= 11 is 1.85. The largest absolute Gasteiger partial charge is 0.455 e. The number of thiophene rings is 1. The Kier molecular flexibility index (Phi) is 7.04. The normalized spacial score (nSPS) is 11.5. The highest BCUT2D eigenvalue weighted by atomic mass is 32.1. The van der Waals surface area contributed by atoms with Crippen LogP contribution < -0.4 is 4.90 Å². The fraction of sp³-hybridized carbons (Fsp3) is 0. The number of nitrogens with zero attached hydrogens (tertiary/aromatic N) is 1. The molecule has 51 heavy (non-hydrogen) atoms. The van der Waals surface area contributed by atoms with Gasteiger partial charge in [-0.3, -0.25) is 0 Å². The van der Waals surface area contributed by atoms with Gasteiger partial charge >= 0.3 is 0 Å². The number of benzene rings is 8. The van der Waals surface area contributed by atoms with Crippen molar-refractivity contribution in [2.24, 2.45) is 0 Å². The van der Waals surface area contributed by atoms with Crippen molar-refractivity contribution in [2.45, 2.75) is 0 Å². The second kappa shape index (κ2) is 12.2. The van der Waals surface area contributed by atoms with Gasteiger partial charge in [0.15, 0.2) is 0 Å². The molecule has 0 aliphatic heterocycles. The first-order valence-electron chi connectivity index (χ1n) is 17.3. The van der Waals surface area contributed by atoms with E-state index in [1.165, 1.54) is 31.3 Å². The highest BCUT2D eigenvalue weighted by Gasteiger charge is 2.20. The van der Waals surface area contributed by atoms with Gasteiger partial charge in [0.05, 0.1) is 0 Å². The molecule has 0 saturated heterocycles. The maximum atomic E-state index is 6.55. The minimum atomic E-state index is 0.902. The predicted octanol–water partition coefficient (Wildman–Crippen LogP) is 14.4. The molecule has 0 N–H and O–H groups in total. The van der Waals surface area contributed by atoms with Crippen LogP contribution in [-0.2, 0) is 0 Å². The Labute approximate surface area is 300 Å². The number of hydrogen-bond acceptors (Lipinski definition) is 3. The molecular formula is C48H31NOS. The van der Waals surface area contributed by atoms with Crippen LogP contribution in [0.2, 0.25) is 0 Å². The summed E-state index contributed by atoms with van der Waals surface area (Å²) in [4.78, 5) is 2.39. The van der Waals surface area contributed by atoms with Crippen molar-refractivity contribution in [3.8, 4) is 33.4 Å². The van der Waals surface area contributed by atoms with Gasteiger partial charge in [-0.05, 0) is 76.3 Å². The van der Waals surface area contributed by atoms with Crippen LogP contribution in [0.5, 0.6) is 0 Å². The third kappa shape index (κ3) is 5.10. The van der Waals surface area contributed by atoms with Gasteiger partial charge in [0.25, 0.3) is 0 Å². The van der Waals surface area contributed by atoms with Gasteiger partial charge in [-0.15, -0.1) is 11.3 Å². The molecule has 8 aromatic carbocycles. The number of anilines is 3. The summed E-state index contributed by atoms with van der Waals surface area (Å²) in [5, 5.41) is 4.85. The Bertz CT molecular complexity index is 2850. The first-order chi connectivity index (χ1) is 25.3. The molecule has 3 heteroatoms. The van der Waals surface area contributed by atoms with Crippen molar-refractivity contribution in [1.82, 2.24) is 0 Å². The Hall–Kier alpha value is -6.42. The van der Waals surface area contributed by atoms with Crippen molar-refractivity contribution in [1.29, 1.82) is 0 Å². The topological polar surface area (TPSA) is 16.4 Å². The van der Waals surface area contributed by atoms with Gasteiger partial charge in [0.2, 0.25) is 0 Å². The molecule has 0 radical (unpaired) electrons. The Balaban J connectivity index is 1.18. The summed E-state index contributed by atoms with van der Waals surface area (Å²) in [6.07, 6.45) is 0. The van der Waals surface area contributed by atoms with Gasteiger partial charge in [-0.1, -0.05) is 140 Å². The Morgan fingerprint density at radius 3 is 1.78 bits per heavy atom. The Morgan fingerprint density at radius 2 is 0.961 bits per heavy atom. The average molecular weight is 670 g/mol. The van der Waals surface area contributed by atoms with Crippen LogP contribution in [0.25, 0.3) is 75.5 Å². The lowest BCUT2D eigenvalue weighted by molar-refractivity contribution is 0.670. The fourth-order valence-corrected chi connectivity index (χ4v) is 8.60. The van der Waals surface area contributed by atoms with Gasteiger partial charge < -0.3 is 9.32 Å². The third-order valence-electron chi connectivity index (χ3n) is 9.89. The molecule has 0 aliphatic carbocycles. The number of hydrogen-bond donors (Lipinski definition) is 0. The molecule has 0 aliphatic rings. The highest BCUT2D eigenvalue weighted by molar-refractivity contribution is 7.25. The van der Waals surface area contributed by atoms with Crippen LogP contribution in [0.3, 0.4) is 0 Å². The molecule has 0 unspecified atom stereocenters. The van der Waals surface area contributed by atoms with E-state index >= 15 is 0 Å². The van der Waals surface area contributed by atoms with Crippen LogP contribution in [0, 0.1) is 0 Å². The lowest BCUT2D eigenvalue weighted by Gasteiger charge is -2.27. The van der Waals surface area contributed by atoms with E-state index in [1.807, 2.05) is 17.4 Å². The molecule has 240 valence electrons. The van der Waals surface area contributed by atoms with E-state index in [2.05, 4.69) is 187 Å². The minimum Gasteiger partial charge on any atom is -0.455 e. The van der Waals surface area contributed by atoms with E-state index < -0.39 is 0 Å². The standard InChI is InChI=1S/C48H31NOS/c1-3-12-32(13-4-1)33-22-24-35(25-23-33)49(37-27-29-41-40-17-8-10-21-46(40)51-47(41)31-37)36-26-28-38(44(30-36)34-14-5-2-6-15-34)42-18-11-19-43-39-16-7-9-20-45(39)50-48(42)43/h1-31H. The molecule has 0 atom stereocenters. The van der Waals surface area contributed by atoms with Crippen molar-refractivity contribution in [3.63, 3.8) is 0 Å². The zero-order valence-corrected chi connectivity index (χ0v) is 28.5. The molecule has 2 aromatic heterocycles. The maximum absolute atomic E-state index is 6.55. The quantitative estimate of drug-likeness (QED) is 0.175. The third-order valence-corrected chi connectivity index (χ3v) is 11.0. The molecule has 0 spiro atoms. The predicted molar refractivity (Wildman–Crippen MR) is 218 cm³/mol. The van der Waals surface area contributed by atoms with Crippen molar-refractivity contribution >= 4 is 70.5 Å². The lowest BCUT2D eigenvalue weighted by Crippen LogP contribution is -2.10. The van der Waals surface area contributed by atoms with E-state index in [1.54, 1.807) is 0 Å².